The second-order valence-corrected chi connectivity index (χ2v) is 10.3. The fourth-order valence-corrected chi connectivity index (χ4v) is 5.53. The molecule has 5 aromatic carbocycles. The molecule has 0 spiro atoms. The Balaban J connectivity index is 1.50. The minimum atomic E-state index is -0.00457. The molecule has 0 saturated heterocycles. The highest BCUT2D eigenvalue weighted by molar-refractivity contribution is 6.10. The van der Waals surface area contributed by atoms with Gasteiger partial charge in [0, 0.05) is 22.3 Å². The third kappa shape index (κ3) is 4.59. The molecule has 0 aliphatic heterocycles. The lowest BCUT2D eigenvalue weighted by Gasteiger charge is -2.16. The molecule has 4 nitrogen and oxygen atoms in total. The van der Waals surface area contributed by atoms with Crippen LogP contribution in [0.5, 0.6) is 0 Å². The number of nitrogens with zero attached hydrogens (tertiary/aromatic N) is 3. The molecule has 0 aliphatic carbocycles. The van der Waals surface area contributed by atoms with Gasteiger partial charge in [-0.25, -0.2) is 4.57 Å². The molecule has 4 heteroatoms. The Kier molecular flexibility index (Phi) is 6.49. The zero-order valence-corrected chi connectivity index (χ0v) is 23.2. The molecule has 7 rings (SSSR count). The van der Waals surface area contributed by atoms with Gasteiger partial charge >= 0.3 is 5.95 Å². The van der Waals surface area contributed by atoms with Crippen LogP contribution in [0.1, 0.15) is 15.9 Å². The van der Waals surface area contributed by atoms with E-state index in [4.69, 9.17) is 4.98 Å². The lowest BCUT2D eigenvalue weighted by Crippen LogP contribution is -2.39. The van der Waals surface area contributed by atoms with Crippen molar-refractivity contribution < 1.29 is 9.36 Å². The van der Waals surface area contributed by atoms with Gasteiger partial charge in [-0.3, -0.25) is 4.79 Å². The van der Waals surface area contributed by atoms with Crippen LogP contribution < -0.4 is 4.57 Å². The highest BCUT2D eigenvalue weighted by Gasteiger charge is 2.27. The first-order valence-electron chi connectivity index (χ1n) is 14.0. The molecule has 0 unspecified atom stereocenters. The van der Waals surface area contributed by atoms with Gasteiger partial charge < -0.3 is 0 Å². The van der Waals surface area contributed by atoms with Crippen LogP contribution in [0.4, 0.5) is 0 Å². The summed E-state index contributed by atoms with van der Waals surface area (Å²) in [4.78, 5) is 18.4. The Hall–Kier alpha value is -5.61. The van der Waals surface area contributed by atoms with E-state index in [2.05, 4.69) is 94.1 Å². The monoisotopic (exact) mass is 542 g/mol. The van der Waals surface area contributed by atoms with Gasteiger partial charge in [0.25, 0.3) is 0 Å². The number of aryl methyl sites for hydroxylation is 1. The highest BCUT2D eigenvalue weighted by atomic mass is 16.1. The number of aromatic nitrogens is 3. The molecule has 0 bridgehead atoms. The van der Waals surface area contributed by atoms with Gasteiger partial charge in [-0.1, -0.05) is 126 Å². The van der Waals surface area contributed by atoms with Gasteiger partial charge in [0.05, 0.1) is 7.05 Å². The van der Waals surface area contributed by atoms with Crippen molar-refractivity contribution in [2.75, 3.05) is 0 Å². The van der Waals surface area contributed by atoms with Gasteiger partial charge in [0.15, 0.2) is 11.3 Å². The maximum atomic E-state index is 13.3. The van der Waals surface area contributed by atoms with Crippen molar-refractivity contribution in [1.29, 1.82) is 0 Å². The van der Waals surface area contributed by atoms with Gasteiger partial charge in [-0.2, -0.15) is 4.57 Å². The van der Waals surface area contributed by atoms with E-state index in [1.54, 1.807) is 0 Å². The molecule has 0 radical (unpaired) electrons. The van der Waals surface area contributed by atoms with E-state index >= 15 is 0 Å². The molecule has 2 aromatic heterocycles. The second kappa shape index (κ2) is 10.8. The standard InChI is InChI=1S/C38H28N3O/c1-40-36-24-31(37(42)30-20-12-5-13-21-30)22-23-33(36)39-38(40)41-34(28-16-8-3-9-17-28)25-32(27-14-6-2-7-15-27)26-35(41)29-18-10-4-11-19-29/h2-26H,1H3/q+1. The number of rotatable bonds is 6. The van der Waals surface area contributed by atoms with E-state index < -0.39 is 0 Å². The summed E-state index contributed by atoms with van der Waals surface area (Å²) < 4.78 is 4.31. The van der Waals surface area contributed by atoms with E-state index in [1.165, 1.54) is 0 Å². The quantitative estimate of drug-likeness (QED) is 0.157. The van der Waals surface area contributed by atoms with Gasteiger partial charge in [0.2, 0.25) is 0 Å². The molecule has 42 heavy (non-hydrogen) atoms. The number of pyridine rings is 1. The summed E-state index contributed by atoms with van der Waals surface area (Å²) in [6, 6.07) is 51.0. The number of hydrogen-bond acceptors (Lipinski definition) is 2. The van der Waals surface area contributed by atoms with Crippen molar-refractivity contribution in [3.05, 3.63) is 163 Å². The zero-order valence-electron chi connectivity index (χ0n) is 23.2. The van der Waals surface area contributed by atoms with Gasteiger partial charge in [-0.15, -0.1) is 0 Å². The number of imidazole rings is 1. The Labute approximate surface area is 244 Å². The van der Waals surface area contributed by atoms with Crippen molar-refractivity contribution in [3.8, 4) is 39.6 Å². The highest BCUT2D eigenvalue weighted by Crippen LogP contribution is 2.31. The summed E-state index contributed by atoms with van der Waals surface area (Å²) in [5.41, 5.74) is 9.51. The van der Waals surface area contributed by atoms with Crippen molar-refractivity contribution in [1.82, 2.24) is 9.55 Å². The largest absolute Gasteiger partial charge is 0.405 e. The maximum absolute atomic E-state index is 13.3. The number of carbonyl (C=O) groups is 1. The van der Waals surface area contributed by atoms with Crippen molar-refractivity contribution >= 4 is 16.8 Å². The molecule has 0 amide bonds. The Bertz CT molecular complexity index is 1970. The normalized spacial score (nSPS) is 11.1. The predicted molar refractivity (Wildman–Crippen MR) is 168 cm³/mol. The van der Waals surface area contributed by atoms with Crippen LogP contribution in [-0.2, 0) is 7.05 Å². The number of carbonyl (C=O) groups excluding carboxylic acids is 1. The topological polar surface area (TPSA) is 38.8 Å². The summed E-state index contributed by atoms with van der Waals surface area (Å²) in [6.07, 6.45) is 0. The summed E-state index contributed by atoms with van der Waals surface area (Å²) in [6.45, 7) is 0. The molecule has 0 aliphatic rings. The number of benzene rings is 5. The zero-order chi connectivity index (χ0) is 28.5. The summed E-state index contributed by atoms with van der Waals surface area (Å²) in [5, 5.41) is 0. The van der Waals surface area contributed by atoms with Crippen LogP contribution in [0.3, 0.4) is 0 Å². The lowest BCUT2D eigenvalue weighted by atomic mass is 9.99. The second-order valence-electron chi connectivity index (χ2n) is 10.3. The molecule has 0 fully saturated rings. The van der Waals surface area contributed by atoms with E-state index in [9.17, 15) is 4.79 Å². The van der Waals surface area contributed by atoms with Gasteiger partial charge in [-0.05, 0) is 41.5 Å². The van der Waals surface area contributed by atoms with Crippen molar-refractivity contribution in [2.45, 2.75) is 0 Å². The first-order chi connectivity index (χ1) is 20.7. The summed E-state index contributed by atoms with van der Waals surface area (Å²) >= 11 is 0. The van der Waals surface area contributed by atoms with Crippen LogP contribution in [0.25, 0.3) is 50.6 Å². The Morgan fingerprint density at radius 1 is 0.548 bits per heavy atom. The molecule has 0 atom stereocenters. The number of hydrogen-bond donors (Lipinski definition) is 0. The minimum absolute atomic E-state index is 0.00457. The van der Waals surface area contributed by atoms with E-state index in [1.807, 2.05) is 73.8 Å². The van der Waals surface area contributed by atoms with Crippen LogP contribution in [-0.4, -0.2) is 15.3 Å². The third-order valence-electron chi connectivity index (χ3n) is 7.67. The Morgan fingerprint density at radius 2 is 1.05 bits per heavy atom. The smallest absolute Gasteiger partial charge is 0.289 e. The fourth-order valence-electron chi connectivity index (χ4n) is 5.53. The SMILES string of the molecule is Cn1c(-[n+]2c(-c3ccccc3)cc(-c3ccccc3)cc2-c2ccccc2)nc2ccc(C(=O)c3ccccc3)cc21. The molecule has 2 heterocycles. The summed E-state index contributed by atoms with van der Waals surface area (Å²) in [5.74, 6) is 0.765. The molecule has 7 aromatic rings. The minimum Gasteiger partial charge on any atom is -0.289 e. The third-order valence-corrected chi connectivity index (χ3v) is 7.67. The first-order valence-corrected chi connectivity index (χ1v) is 14.0. The fraction of sp³-hybridized carbons (Fsp3) is 0.0263. The van der Waals surface area contributed by atoms with E-state index in [-0.39, 0.29) is 5.78 Å². The number of ketones is 1. The van der Waals surface area contributed by atoms with Crippen molar-refractivity contribution in [3.63, 3.8) is 0 Å². The van der Waals surface area contributed by atoms with Crippen LogP contribution in [0, 0.1) is 0 Å². The van der Waals surface area contributed by atoms with Crippen LogP contribution in [0.15, 0.2) is 152 Å². The molecule has 0 N–H and O–H groups in total. The molecular formula is C38H28N3O+. The molecule has 200 valence electrons. The average molecular weight is 543 g/mol. The molecular weight excluding hydrogens is 514 g/mol. The first kappa shape index (κ1) is 25.4. The molecule has 0 saturated carbocycles. The lowest BCUT2D eigenvalue weighted by molar-refractivity contribution is -0.581. The van der Waals surface area contributed by atoms with E-state index in [0.717, 1.165) is 50.6 Å². The van der Waals surface area contributed by atoms with E-state index in [0.29, 0.717) is 11.1 Å². The Morgan fingerprint density at radius 3 is 1.60 bits per heavy atom. The number of fused-ring (bicyclic) bond motifs is 1. The summed E-state index contributed by atoms with van der Waals surface area (Å²) in [7, 11) is 2.02. The van der Waals surface area contributed by atoms with Gasteiger partial charge in [0.1, 0.15) is 16.9 Å². The average Bonchev–Trinajstić information content (AvgIpc) is 3.40. The van der Waals surface area contributed by atoms with Crippen LogP contribution >= 0.6 is 0 Å². The predicted octanol–water partition coefficient (Wildman–Crippen LogP) is 8.08. The van der Waals surface area contributed by atoms with Crippen molar-refractivity contribution in [2.24, 2.45) is 7.05 Å². The maximum Gasteiger partial charge on any atom is 0.405 e. The van der Waals surface area contributed by atoms with Crippen LogP contribution in [0.2, 0.25) is 0 Å².